The molecule has 0 unspecified atom stereocenters. The van der Waals surface area contributed by atoms with Crippen LogP contribution in [0.4, 0.5) is 4.39 Å². The van der Waals surface area contributed by atoms with Crippen LogP contribution in [-0.4, -0.2) is 22.1 Å². The highest BCUT2D eigenvalue weighted by Crippen LogP contribution is 2.67. The van der Waals surface area contributed by atoms with E-state index in [9.17, 15) is 14.7 Å². The number of fused-ring (bicyclic) bond motifs is 5. The minimum absolute atomic E-state index is 0.0845. The summed E-state index contributed by atoms with van der Waals surface area (Å²) in [5.41, 5.74) is 2.68. The van der Waals surface area contributed by atoms with Crippen LogP contribution in [0.1, 0.15) is 83.6 Å². The Morgan fingerprint density at radius 1 is 0.969 bits per heavy atom. The highest BCUT2D eigenvalue weighted by Gasteiger charge is 2.60. The molecule has 0 aromatic heterocycles. The summed E-state index contributed by atoms with van der Waals surface area (Å²) < 4.78 is 13.2. The Kier molecular flexibility index (Phi) is 5.89. The van der Waals surface area contributed by atoms with Gasteiger partial charge in [0.15, 0.2) is 0 Å². The number of aliphatic hydroxyl groups is 1. The molecule has 32 heavy (non-hydrogen) atoms. The van der Waals surface area contributed by atoms with Crippen LogP contribution in [0.15, 0.2) is 29.4 Å². The fourth-order valence-electron chi connectivity index (χ4n) is 9.00. The molecule has 4 saturated carbocycles. The smallest absolute Gasteiger partial charge is 0.123 e. The predicted molar refractivity (Wildman–Crippen MR) is 125 cm³/mol. The van der Waals surface area contributed by atoms with Gasteiger partial charge in [-0.05, 0) is 123 Å². The molecule has 1 aromatic carbocycles. The van der Waals surface area contributed by atoms with E-state index in [4.69, 9.17) is 0 Å². The molecular weight excluding hydrogens is 401 g/mol. The van der Waals surface area contributed by atoms with E-state index in [0.717, 1.165) is 61.1 Å². The van der Waals surface area contributed by atoms with Gasteiger partial charge in [-0.1, -0.05) is 31.1 Å². The Morgan fingerprint density at radius 2 is 1.69 bits per heavy atom. The van der Waals surface area contributed by atoms with Crippen LogP contribution in [0.2, 0.25) is 0 Å². The third-order valence-electron chi connectivity index (χ3n) is 10.8. The van der Waals surface area contributed by atoms with Crippen LogP contribution in [0.3, 0.4) is 0 Å². The SMILES string of the molecule is C[C@]12CC[C@H](O)C[C@@H]1CC[C@@H]1[C@@H]2CC[C@]2(C)[C@@H](C(CCc3ccc(F)cc3)=NO)CC[C@@H]12. The van der Waals surface area contributed by atoms with Gasteiger partial charge in [0.25, 0.3) is 0 Å². The van der Waals surface area contributed by atoms with Crippen LogP contribution in [0, 0.1) is 46.2 Å². The van der Waals surface area contributed by atoms with Gasteiger partial charge < -0.3 is 10.3 Å². The van der Waals surface area contributed by atoms with E-state index in [1.54, 1.807) is 0 Å². The molecule has 0 radical (unpaired) electrons. The van der Waals surface area contributed by atoms with Crippen molar-refractivity contribution in [2.24, 2.45) is 45.6 Å². The number of benzene rings is 1. The van der Waals surface area contributed by atoms with E-state index in [-0.39, 0.29) is 17.3 Å². The van der Waals surface area contributed by atoms with E-state index >= 15 is 0 Å². The van der Waals surface area contributed by atoms with Gasteiger partial charge in [-0.15, -0.1) is 0 Å². The average molecular weight is 442 g/mol. The van der Waals surface area contributed by atoms with Crippen molar-refractivity contribution < 1.29 is 14.7 Å². The first-order valence-electron chi connectivity index (χ1n) is 13.0. The number of rotatable bonds is 4. The summed E-state index contributed by atoms with van der Waals surface area (Å²) in [6, 6.07) is 6.71. The van der Waals surface area contributed by atoms with Crippen molar-refractivity contribution in [3.8, 4) is 0 Å². The van der Waals surface area contributed by atoms with Gasteiger partial charge in [-0.25, -0.2) is 4.39 Å². The molecule has 0 saturated heterocycles. The Hall–Kier alpha value is -1.42. The fourth-order valence-corrected chi connectivity index (χ4v) is 9.00. The van der Waals surface area contributed by atoms with Gasteiger partial charge in [0.2, 0.25) is 0 Å². The number of hydrogen-bond donors (Lipinski definition) is 2. The first-order chi connectivity index (χ1) is 15.3. The molecule has 4 aliphatic carbocycles. The van der Waals surface area contributed by atoms with Crippen LogP contribution in [0.5, 0.6) is 0 Å². The molecule has 2 N–H and O–H groups in total. The van der Waals surface area contributed by atoms with Crippen molar-refractivity contribution >= 4 is 5.71 Å². The molecular formula is C28H40FNO2. The molecule has 0 aliphatic heterocycles. The molecule has 8 atom stereocenters. The van der Waals surface area contributed by atoms with Gasteiger partial charge in [-0.3, -0.25) is 0 Å². The summed E-state index contributed by atoms with van der Waals surface area (Å²) in [4.78, 5) is 0. The molecule has 0 bridgehead atoms. The zero-order valence-corrected chi connectivity index (χ0v) is 19.8. The summed E-state index contributed by atoms with van der Waals surface area (Å²) in [5.74, 6) is 3.14. The number of oxime groups is 1. The van der Waals surface area contributed by atoms with Crippen molar-refractivity contribution in [3.05, 3.63) is 35.6 Å². The van der Waals surface area contributed by atoms with Crippen LogP contribution >= 0.6 is 0 Å². The number of halogens is 1. The maximum Gasteiger partial charge on any atom is 0.123 e. The monoisotopic (exact) mass is 441 g/mol. The first-order valence-corrected chi connectivity index (χ1v) is 13.0. The molecule has 3 nitrogen and oxygen atoms in total. The quantitative estimate of drug-likeness (QED) is 0.314. The summed E-state index contributed by atoms with van der Waals surface area (Å²) in [7, 11) is 0. The van der Waals surface area contributed by atoms with Gasteiger partial charge in [0.05, 0.1) is 11.8 Å². The average Bonchev–Trinajstić information content (AvgIpc) is 3.13. The second-order valence-electron chi connectivity index (χ2n) is 12.0. The summed E-state index contributed by atoms with van der Waals surface area (Å²) in [6.45, 7) is 5.02. The standard InChI is InChI=1S/C28H40FNO2/c1-27-15-13-21(31)17-19(27)6-9-22-23-10-11-25(28(23,2)16-14-24(22)27)26(30-32)12-5-18-3-7-20(29)8-4-18/h3-4,7-8,19,21-25,31-32H,5-6,9-17H2,1-2H3/t19-,21-,22-,23-,24-,25+,27-,28-/m0/s1. The van der Waals surface area contributed by atoms with Gasteiger partial charge >= 0.3 is 0 Å². The van der Waals surface area contributed by atoms with Crippen molar-refractivity contribution in [1.29, 1.82) is 0 Å². The topological polar surface area (TPSA) is 52.8 Å². The molecule has 4 heteroatoms. The Bertz CT molecular complexity index is 853. The van der Waals surface area contributed by atoms with Gasteiger partial charge in [-0.2, -0.15) is 0 Å². The molecule has 5 rings (SSSR count). The number of nitrogens with zero attached hydrogens (tertiary/aromatic N) is 1. The first kappa shape index (κ1) is 22.4. The maximum absolute atomic E-state index is 13.2. The zero-order valence-electron chi connectivity index (χ0n) is 19.8. The molecule has 4 aliphatic rings. The van der Waals surface area contributed by atoms with E-state index in [0.29, 0.717) is 17.3 Å². The number of aryl methyl sites for hydroxylation is 1. The Labute approximate surface area is 192 Å². The lowest BCUT2D eigenvalue weighted by Gasteiger charge is -2.61. The van der Waals surface area contributed by atoms with Gasteiger partial charge in [0.1, 0.15) is 5.82 Å². The van der Waals surface area contributed by atoms with E-state index < -0.39 is 0 Å². The summed E-state index contributed by atoms with van der Waals surface area (Å²) in [6.07, 6.45) is 12.1. The fraction of sp³-hybridized carbons (Fsp3) is 0.750. The van der Waals surface area contributed by atoms with E-state index in [1.807, 2.05) is 12.1 Å². The van der Waals surface area contributed by atoms with Crippen molar-refractivity contribution in [3.63, 3.8) is 0 Å². The summed E-state index contributed by atoms with van der Waals surface area (Å²) in [5, 5.41) is 24.1. The minimum atomic E-state index is -0.205. The second kappa shape index (κ2) is 8.42. The second-order valence-corrected chi connectivity index (χ2v) is 12.0. The largest absolute Gasteiger partial charge is 0.411 e. The normalized spacial score (nSPS) is 43.9. The summed E-state index contributed by atoms with van der Waals surface area (Å²) >= 11 is 0. The van der Waals surface area contributed by atoms with E-state index in [1.165, 1.54) is 50.7 Å². The Balaban J connectivity index is 1.31. The van der Waals surface area contributed by atoms with Crippen LogP contribution in [-0.2, 0) is 6.42 Å². The van der Waals surface area contributed by atoms with E-state index in [2.05, 4.69) is 19.0 Å². The molecule has 0 heterocycles. The molecule has 0 amide bonds. The molecule has 1 aromatic rings. The van der Waals surface area contributed by atoms with Crippen molar-refractivity contribution in [2.45, 2.75) is 90.6 Å². The van der Waals surface area contributed by atoms with Crippen LogP contribution in [0.25, 0.3) is 0 Å². The lowest BCUT2D eigenvalue weighted by atomic mass is 9.44. The lowest BCUT2D eigenvalue weighted by molar-refractivity contribution is -0.123. The number of hydrogen-bond acceptors (Lipinski definition) is 3. The molecule has 176 valence electrons. The third kappa shape index (κ3) is 3.61. The predicted octanol–water partition coefficient (Wildman–Crippen LogP) is 6.61. The maximum atomic E-state index is 13.2. The van der Waals surface area contributed by atoms with Gasteiger partial charge in [0, 0.05) is 5.92 Å². The Morgan fingerprint density at radius 3 is 2.44 bits per heavy atom. The molecule has 4 fully saturated rings. The van der Waals surface area contributed by atoms with Crippen molar-refractivity contribution in [2.75, 3.05) is 0 Å². The highest BCUT2D eigenvalue weighted by molar-refractivity contribution is 5.87. The van der Waals surface area contributed by atoms with Crippen LogP contribution < -0.4 is 0 Å². The molecule has 0 spiro atoms. The lowest BCUT2D eigenvalue weighted by Crippen LogP contribution is -2.54. The minimum Gasteiger partial charge on any atom is -0.411 e. The third-order valence-corrected chi connectivity index (χ3v) is 10.8. The highest BCUT2D eigenvalue weighted by atomic mass is 19.1. The zero-order chi connectivity index (χ0) is 22.5. The number of aliphatic hydroxyl groups excluding tert-OH is 1. The van der Waals surface area contributed by atoms with Crippen molar-refractivity contribution in [1.82, 2.24) is 0 Å².